The fraction of sp³-hybridized carbons (Fsp3) is 0.429. The summed E-state index contributed by atoms with van der Waals surface area (Å²) in [6.07, 6.45) is 1.69. The van der Waals surface area contributed by atoms with Gasteiger partial charge in [-0.25, -0.2) is 0 Å². The predicted molar refractivity (Wildman–Crippen MR) is 113 cm³/mol. The highest BCUT2D eigenvalue weighted by Gasteiger charge is 2.47. The number of aromatic amines is 1. The fourth-order valence-corrected chi connectivity index (χ4v) is 4.61. The Morgan fingerprint density at radius 1 is 1.23 bits per heavy atom. The van der Waals surface area contributed by atoms with Crippen LogP contribution in [0.4, 0.5) is 17.3 Å². The second-order valence-corrected chi connectivity index (χ2v) is 8.88. The Morgan fingerprint density at radius 2 is 2.07 bits per heavy atom. The van der Waals surface area contributed by atoms with E-state index in [1.165, 1.54) is 0 Å². The molecule has 2 saturated heterocycles. The SMILES string of the molecule is C=C(c1nc(Nc2ccc3c(c2)NC(=O)C3(C)C)n[nH]1)N1CCC2(CCNC2=O)C1. The summed E-state index contributed by atoms with van der Waals surface area (Å²) in [6.45, 7) is 10.2. The predicted octanol–water partition coefficient (Wildman–Crippen LogP) is 1.96. The molecule has 5 rings (SSSR count). The van der Waals surface area contributed by atoms with Crippen molar-refractivity contribution in [2.75, 3.05) is 30.3 Å². The lowest BCUT2D eigenvalue weighted by Crippen LogP contribution is -2.34. The molecule has 1 aromatic heterocycles. The second-order valence-electron chi connectivity index (χ2n) is 8.88. The molecule has 156 valence electrons. The van der Waals surface area contributed by atoms with Crippen molar-refractivity contribution in [3.63, 3.8) is 0 Å². The molecule has 1 atom stereocenters. The van der Waals surface area contributed by atoms with E-state index in [-0.39, 0.29) is 17.2 Å². The summed E-state index contributed by atoms with van der Waals surface area (Å²) < 4.78 is 0. The van der Waals surface area contributed by atoms with Gasteiger partial charge in [0.15, 0.2) is 5.82 Å². The maximum atomic E-state index is 12.2. The van der Waals surface area contributed by atoms with Crippen LogP contribution in [0.1, 0.15) is 38.1 Å². The molecule has 2 amide bonds. The minimum atomic E-state index is -0.535. The van der Waals surface area contributed by atoms with Crippen molar-refractivity contribution in [1.82, 2.24) is 25.4 Å². The Balaban J connectivity index is 1.29. The second kappa shape index (κ2) is 6.32. The van der Waals surface area contributed by atoms with Gasteiger partial charge in [-0.2, -0.15) is 4.98 Å². The Hall–Kier alpha value is -3.36. The molecule has 2 fully saturated rings. The highest BCUT2D eigenvalue weighted by atomic mass is 16.2. The van der Waals surface area contributed by atoms with Crippen LogP contribution in [0.15, 0.2) is 24.8 Å². The van der Waals surface area contributed by atoms with Crippen molar-refractivity contribution >= 4 is 34.8 Å². The Kier molecular flexibility index (Phi) is 3.93. The molecule has 0 radical (unpaired) electrons. The molecule has 0 saturated carbocycles. The maximum Gasteiger partial charge on any atom is 0.246 e. The van der Waals surface area contributed by atoms with Gasteiger partial charge in [0, 0.05) is 31.0 Å². The summed E-state index contributed by atoms with van der Waals surface area (Å²) in [7, 11) is 0. The average Bonchev–Trinajstić information content (AvgIpc) is 3.46. The number of nitrogens with one attached hydrogen (secondary N) is 4. The number of hydrogen-bond donors (Lipinski definition) is 4. The third-order valence-electron chi connectivity index (χ3n) is 6.63. The Morgan fingerprint density at radius 3 is 2.83 bits per heavy atom. The largest absolute Gasteiger partial charge is 0.368 e. The van der Waals surface area contributed by atoms with Crippen molar-refractivity contribution in [2.24, 2.45) is 5.41 Å². The van der Waals surface area contributed by atoms with Crippen molar-refractivity contribution in [2.45, 2.75) is 32.1 Å². The highest BCUT2D eigenvalue weighted by molar-refractivity contribution is 6.06. The first-order chi connectivity index (χ1) is 14.3. The topological polar surface area (TPSA) is 115 Å². The monoisotopic (exact) mass is 407 g/mol. The normalized spacial score (nSPS) is 24.1. The van der Waals surface area contributed by atoms with Gasteiger partial charge in [0.05, 0.1) is 16.5 Å². The number of fused-ring (bicyclic) bond motifs is 1. The minimum absolute atomic E-state index is 0.00883. The van der Waals surface area contributed by atoms with Gasteiger partial charge in [-0.15, -0.1) is 5.10 Å². The van der Waals surface area contributed by atoms with Crippen LogP contribution in [0.25, 0.3) is 5.70 Å². The number of amides is 2. The fourth-order valence-electron chi connectivity index (χ4n) is 4.61. The molecule has 0 aliphatic carbocycles. The van der Waals surface area contributed by atoms with E-state index in [0.29, 0.717) is 18.3 Å². The van der Waals surface area contributed by atoms with Gasteiger partial charge in [0.2, 0.25) is 17.8 Å². The quantitative estimate of drug-likeness (QED) is 0.616. The third kappa shape index (κ3) is 2.76. The zero-order valence-corrected chi connectivity index (χ0v) is 17.1. The molecule has 0 bridgehead atoms. The van der Waals surface area contributed by atoms with Crippen LogP contribution in [-0.4, -0.2) is 51.5 Å². The lowest BCUT2D eigenvalue weighted by molar-refractivity contribution is -0.127. The number of benzene rings is 1. The average molecular weight is 407 g/mol. The van der Waals surface area contributed by atoms with E-state index in [1.54, 1.807) is 0 Å². The van der Waals surface area contributed by atoms with E-state index in [0.717, 1.165) is 48.6 Å². The number of carbonyl (C=O) groups is 2. The molecule has 30 heavy (non-hydrogen) atoms. The Bertz CT molecular complexity index is 1070. The van der Waals surface area contributed by atoms with Crippen LogP contribution < -0.4 is 16.0 Å². The van der Waals surface area contributed by atoms with Gasteiger partial charge >= 0.3 is 0 Å². The van der Waals surface area contributed by atoms with E-state index in [9.17, 15) is 9.59 Å². The first-order valence-electron chi connectivity index (χ1n) is 10.2. The lowest BCUT2D eigenvalue weighted by atomic mass is 9.86. The summed E-state index contributed by atoms with van der Waals surface area (Å²) in [5.41, 5.74) is 2.45. The van der Waals surface area contributed by atoms with Gasteiger partial charge in [-0.1, -0.05) is 12.6 Å². The molecule has 1 spiro atoms. The third-order valence-corrected chi connectivity index (χ3v) is 6.63. The Labute approximate surface area is 174 Å². The van der Waals surface area contributed by atoms with E-state index >= 15 is 0 Å². The van der Waals surface area contributed by atoms with Crippen LogP contribution in [0.5, 0.6) is 0 Å². The van der Waals surface area contributed by atoms with E-state index in [4.69, 9.17) is 0 Å². The number of aromatic nitrogens is 3. The number of nitrogens with zero attached hydrogens (tertiary/aromatic N) is 3. The molecule has 3 aliphatic rings. The molecule has 2 aromatic rings. The molecule has 4 N–H and O–H groups in total. The molecule has 9 heteroatoms. The summed E-state index contributed by atoms with van der Waals surface area (Å²) >= 11 is 0. The highest BCUT2D eigenvalue weighted by Crippen LogP contribution is 2.40. The van der Waals surface area contributed by atoms with Crippen LogP contribution >= 0.6 is 0 Å². The number of likely N-dealkylation sites (tertiary alicyclic amines) is 1. The van der Waals surface area contributed by atoms with Crippen LogP contribution in [0.2, 0.25) is 0 Å². The number of hydrogen-bond acceptors (Lipinski definition) is 6. The van der Waals surface area contributed by atoms with Gasteiger partial charge < -0.3 is 20.9 Å². The van der Waals surface area contributed by atoms with Crippen molar-refractivity contribution < 1.29 is 9.59 Å². The summed E-state index contributed by atoms with van der Waals surface area (Å²) in [5.74, 6) is 1.13. The molecule has 1 unspecified atom stereocenters. The summed E-state index contributed by atoms with van der Waals surface area (Å²) in [4.78, 5) is 31.0. The van der Waals surface area contributed by atoms with Crippen molar-refractivity contribution in [1.29, 1.82) is 0 Å². The van der Waals surface area contributed by atoms with Crippen molar-refractivity contribution in [3.8, 4) is 0 Å². The first kappa shape index (κ1) is 18.7. The molecule has 4 heterocycles. The maximum absolute atomic E-state index is 12.2. The minimum Gasteiger partial charge on any atom is -0.368 e. The van der Waals surface area contributed by atoms with Gasteiger partial charge in [0.1, 0.15) is 0 Å². The summed E-state index contributed by atoms with van der Waals surface area (Å²) in [6, 6.07) is 5.74. The van der Waals surface area contributed by atoms with E-state index in [2.05, 4.69) is 42.6 Å². The van der Waals surface area contributed by atoms with Crippen LogP contribution in [0.3, 0.4) is 0 Å². The molecule has 9 nitrogen and oxygen atoms in total. The number of rotatable bonds is 4. The zero-order valence-electron chi connectivity index (χ0n) is 17.1. The summed E-state index contributed by atoms with van der Waals surface area (Å²) in [5, 5.41) is 16.2. The van der Waals surface area contributed by atoms with Gasteiger partial charge in [0.25, 0.3) is 0 Å². The van der Waals surface area contributed by atoms with E-state index < -0.39 is 5.41 Å². The molecular weight excluding hydrogens is 382 g/mol. The van der Waals surface area contributed by atoms with Crippen molar-refractivity contribution in [3.05, 3.63) is 36.2 Å². The standard InChI is InChI=1S/C21H25N7O2/c1-12(28-9-7-21(11-28)6-8-22-18(21)30)16-25-19(27-26-16)23-13-4-5-14-15(10-13)24-17(29)20(14,2)3/h4-5,10H,1,6-9,11H2,2-3H3,(H,22,30)(H,24,29)(H2,23,25,26,27). The number of anilines is 3. The smallest absolute Gasteiger partial charge is 0.246 e. The van der Waals surface area contributed by atoms with Crippen LogP contribution in [-0.2, 0) is 15.0 Å². The first-order valence-corrected chi connectivity index (χ1v) is 10.2. The van der Waals surface area contributed by atoms with E-state index in [1.807, 2.05) is 32.0 Å². The number of H-pyrrole nitrogens is 1. The lowest BCUT2D eigenvalue weighted by Gasteiger charge is -2.22. The van der Waals surface area contributed by atoms with Gasteiger partial charge in [-0.05, 0) is 44.4 Å². The number of carbonyl (C=O) groups excluding carboxylic acids is 2. The molecule has 3 aliphatic heterocycles. The molecular formula is C21H25N7O2. The molecule has 1 aromatic carbocycles. The van der Waals surface area contributed by atoms with Crippen LogP contribution in [0, 0.1) is 5.41 Å². The zero-order chi connectivity index (χ0) is 21.1. The van der Waals surface area contributed by atoms with Gasteiger partial charge in [-0.3, -0.25) is 14.7 Å².